The quantitative estimate of drug-likeness (QED) is 0.0263. The molecule has 1 atom stereocenters. The van der Waals surface area contributed by atoms with Crippen LogP contribution < -0.4 is 0 Å². The van der Waals surface area contributed by atoms with Crippen LogP contribution in [0.3, 0.4) is 0 Å². The Morgan fingerprint density at radius 3 is 1.00 bits per heavy atom. The van der Waals surface area contributed by atoms with Crippen LogP contribution in [-0.4, -0.2) is 37.2 Å². The van der Waals surface area contributed by atoms with Crippen LogP contribution in [0.25, 0.3) is 0 Å². The maximum absolute atomic E-state index is 12.7. The van der Waals surface area contributed by atoms with E-state index in [2.05, 4.69) is 57.2 Å². The van der Waals surface area contributed by atoms with Gasteiger partial charge in [-0.1, -0.05) is 211 Å². The molecule has 0 spiro atoms. The highest BCUT2D eigenvalue weighted by molar-refractivity contribution is 5.71. The summed E-state index contributed by atoms with van der Waals surface area (Å²) in [5.74, 6) is -0.897. The predicted octanol–water partition coefficient (Wildman–Crippen LogP) is 16.5. The summed E-state index contributed by atoms with van der Waals surface area (Å²) in [7, 11) is 0. The van der Waals surface area contributed by atoms with Gasteiger partial charge in [0.2, 0.25) is 0 Å². The largest absolute Gasteiger partial charge is 0.462 e. The van der Waals surface area contributed by atoms with Crippen molar-refractivity contribution in [2.75, 3.05) is 13.2 Å². The number of allylic oxidation sites excluding steroid dienone is 6. The Morgan fingerprint density at radius 1 is 0.339 bits per heavy atom. The Kier molecular flexibility index (Phi) is 46.4. The van der Waals surface area contributed by atoms with Crippen LogP contribution in [0.5, 0.6) is 0 Å². The minimum atomic E-state index is -0.774. The van der Waals surface area contributed by atoms with Gasteiger partial charge in [0.25, 0.3) is 0 Å². The first kappa shape index (κ1) is 56.6. The molecular formula is C53H96O6. The van der Waals surface area contributed by atoms with Crippen molar-refractivity contribution in [1.29, 1.82) is 0 Å². The summed E-state index contributed by atoms with van der Waals surface area (Å²) in [5, 5.41) is 0. The minimum Gasteiger partial charge on any atom is -0.462 e. The zero-order valence-corrected chi connectivity index (χ0v) is 39.3. The summed E-state index contributed by atoms with van der Waals surface area (Å²) in [6.07, 6.45) is 55.8. The second kappa shape index (κ2) is 48.3. The molecule has 6 nitrogen and oxygen atoms in total. The zero-order valence-electron chi connectivity index (χ0n) is 39.3. The fraction of sp³-hybridized carbons (Fsp3) is 0.830. The van der Waals surface area contributed by atoms with Gasteiger partial charge in [-0.25, -0.2) is 0 Å². The SMILES string of the molecule is CCCC/C=C\C/C=C\CCCCCCCC(=O)OC(COC(=O)CCCCCCCC)COC(=O)CCCCCCCCCCC/C=C\CCCCCCCCCC. The number of esters is 3. The van der Waals surface area contributed by atoms with Gasteiger partial charge in [-0.15, -0.1) is 0 Å². The van der Waals surface area contributed by atoms with Crippen LogP contribution in [0.1, 0.15) is 265 Å². The molecule has 0 saturated heterocycles. The molecule has 344 valence electrons. The van der Waals surface area contributed by atoms with Crippen LogP contribution >= 0.6 is 0 Å². The molecule has 6 heteroatoms. The van der Waals surface area contributed by atoms with E-state index in [1.807, 2.05) is 0 Å². The first-order chi connectivity index (χ1) is 29.0. The molecule has 0 aliphatic heterocycles. The highest BCUT2D eigenvalue weighted by Gasteiger charge is 2.19. The maximum atomic E-state index is 12.7. The van der Waals surface area contributed by atoms with Crippen molar-refractivity contribution in [2.45, 2.75) is 271 Å². The monoisotopic (exact) mass is 829 g/mol. The van der Waals surface area contributed by atoms with Gasteiger partial charge in [0.15, 0.2) is 6.10 Å². The predicted molar refractivity (Wildman–Crippen MR) is 252 cm³/mol. The molecule has 0 bridgehead atoms. The molecule has 0 heterocycles. The van der Waals surface area contributed by atoms with Crippen LogP contribution in [0.15, 0.2) is 36.5 Å². The van der Waals surface area contributed by atoms with Crippen molar-refractivity contribution in [3.8, 4) is 0 Å². The van der Waals surface area contributed by atoms with Crippen LogP contribution in [0, 0.1) is 0 Å². The lowest BCUT2D eigenvalue weighted by molar-refractivity contribution is -0.167. The molecule has 0 aliphatic carbocycles. The van der Waals surface area contributed by atoms with E-state index < -0.39 is 6.10 Å². The summed E-state index contributed by atoms with van der Waals surface area (Å²) in [5.41, 5.74) is 0. The summed E-state index contributed by atoms with van der Waals surface area (Å²) >= 11 is 0. The highest BCUT2D eigenvalue weighted by atomic mass is 16.6. The maximum Gasteiger partial charge on any atom is 0.306 e. The Labute approximate surface area is 365 Å². The first-order valence-corrected chi connectivity index (χ1v) is 25.5. The number of rotatable bonds is 46. The number of hydrogen-bond donors (Lipinski definition) is 0. The number of carbonyl (C=O) groups excluding carboxylic acids is 3. The van der Waals surface area contributed by atoms with Crippen molar-refractivity contribution in [1.82, 2.24) is 0 Å². The lowest BCUT2D eigenvalue weighted by Crippen LogP contribution is -2.30. The van der Waals surface area contributed by atoms with Gasteiger partial charge in [0.05, 0.1) is 0 Å². The first-order valence-electron chi connectivity index (χ1n) is 25.5. The standard InChI is InChI=1S/C53H96O6/c1-4-7-10-13-16-18-20-22-24-25-26-27-28-29-30-32-33-35-37-40-43-46-52(55)58-49-50(48-57-51(54)45-42-39-15-12-9-6-3)59-53(56)47-44-41-38-36-34-31-23-21-19-17-14-11-8-5-2/h14,17,21,23,25-26,50H,4-13,15-16,18-20,22,24,27-49H2,1-3H3/b17-14-,23-21-,26-25-. The van der Waals surface area contributed by atoms with E-state index in [-0.39, 0.29) is 31.1 Å². The van der Waals surface area contributed by atoms with E-state index >= 15 is 0 Å². The smallest absolute Gasteiger partial charge is 0.306 e. The molecular weight excluding hydrogens is 733 g/mol. The molecule has 59 heavy (non-hydrogen) atoms. The molecule has 0 aliphatic rings. The fourth-order valence-electron chi connectivity index (χ4n) is 7.22. The van der Waals surface area contributed by atoms with E-state index in [9.17, 15) is 14.4 Å². The van der Waals surface area contributed by atoms with Crippen molar-refractivity contribution >= 4 is 17.9 Å². The van der Waals surface area contributed by atoms with Crippen molar-refractivity contribution in [3.05, 3.63) is 36.5 Å². The van der Waals surface area contributed by atoms with Gasteiger partial charge in [0.1, 0.15) is 13.2 Å². The van der Waals surface area contributed by atoms with E-state index in [1.165, 1.54) is 141 Å². The summed E-state index contributed by atoms with van der Waals surface area (Å²) in [6.45, 7) is 6.54. The normalized spacial score (nSPS) is 12.3. The molecule has 0 aromatic carbocycles. The number of ether oxygens (including phenoxy) is 3. The third kappa shape index (κ3) is 46.5. The second-order valence-electron chi connectivity index (χ2n) is 17.1. The third-order valence-electron chi connectivity index (χ3n) is 11.1. The Balaban J connectivity index is 4.17. The van der Waals surface area contributed by atoms with E-state index in [4.69, 9.17) is 14.2 Å². The van der Waals surface area contributed by atoms with Crippen LogP contribution in [0.2, 0.25) is 0 Å². The van der Waals surface area contributed by atoms with Gasteiger partial charge in [0, 0.05) is 19.3 Å². The van der Waals surface area contributed by atoms with E-state index in [0.717, 1.165) is 83.5 Å². The third-order valence-corrected chi connectivity index (χ3v) is 11.1. The number of hydrogen-bond acceptors (Lipinski definition) is 6. The average Bonchev–Trinajstić information content (AvgIpc) is 3.23. The molecule has 0 amide bonds. The van der Waals surface area contributed by atoms with Crippen molar-refractivity contribution < 1.29 is 28.6 Å². The highest BCUT2D eigenvalue weighted by Crippen LogP contribution is 2.15. The Hall–Kier alpha value is -2.37. The van der Waals surface area contributed by atoms with Crippen LogP contribution in [-0.2, 0) is 28.6 Å². The molecule has 1 unspecified atom stereocenters. The zero-order chi connectivity index (χ0) is 43.0. The molecule has 0 radical (unpaired) electrons. The molecule has 0 aromatic heterocycles. The topological polar surface area (TPSA) is 78.9 Å². The summed E-state index contributed by atoms with van der Waals surface area (Å²) < 4.78 is 16.7. The van der Waals surface area contributed by atoms with Crippen LogP contribution in [0.4, 0.5) is 0 Å². The van der Waals surface area contributed by atoms with E-state index in [1.54, 1.807) is 0 Å². The lowest BCUT2D eigenvalue weighted by Gasteiger charge is -2.18. The molecule has 0 rings (SSSR count). The number of unbranched alkanes of at least 4 members (excludes halogenated alkanes) is 29. The van der Waals surface area contributed by atoms with Gasteiger partial charge in [-0.3, -0.25) is 14.4 Å². The van der Waals surface area contributed by atoms with Gasteiger partial charge >= 0.3 is 17.9 Å². The second-order valence-corrected chi connectivity index (χ2v) is 17.1. The molecule has 0 fully saturated rings. The minimum absolute atomic E-state index is 0.0774. The Morgan fingerprint density at radius 2 is 0.627 bits per heavy atom. The van der Waals surface area contributed by atoms with Gasteiger partial charge in [-0.05, 0) is 70.6 Å². The van der Waals surface area contributed by atoms with Gasteiger partial charge < -0.3 is 14.2 Å². The lowest BCUT2D eigenvalue weighted by atomic mass is 10.1. The molecule has 0 aromatic rings. The summed E-state index contributed by atoms with van der Waals surface area (Å²) in [6, 6.07) is 0. The van der Waals surface area contributed by atoms with Gasteiger partial charge in [-0.2, -0.15) is 0 Å². The van der Waals surface area contributed by atoms with E-state index in [0.29, 0.717) is 19.3 Å². The molecule has 0 saturated carbocycles. The summed E-state index contributed by atoms with van der Waals surface area (Å²) in [4.78, 5) is 37.7. The van der Waals surface area contributed by atoms with Crippen molar-refractivity contribution in [2.24, 2.45) is 0 Å². The fourth-order valence-corrected chi connectivity index (χ4v) is 7.22. The Bertz CT molecular complexity index is 1000. The average molecular weight is 829 g/mol. The molecule has 0 N–H and O–H groups in total. The van der Waals surface area contributed by atoms with Crippen molar-refractivity contribution in [3.63, 3.8) is 0 Å². The number of carbonyl (C=O) groups is 3.